The van der Waals surface area contributed by atoms with Crippen molar-refractivity contribution in [2.45, 2.75) is 25.4 Å². The number of hydrogen-bond donors (Lipinski definition) is 1. The molecule has 1 amide bonds. The van der Waals surface area contributed by atoms with Gasteiger partial charge in [0.05, 0.1) is 0 Å². The molecule has 2 aromatic rings. The van der Waals surface area contributed by atoms with E-state index in [1.165, 1.54) is 10.4 Å². The largest absolute Gasteiger partial charge is 0.315 e. The Kier molecular flexibility index (Phi) is 3.59. The molecule has 0 saturated carbocycles. The minimum Gasteiger partial charge on any atom is -0.315 e. The lowest BCUT2D eigenvalue weighted by atomic mass is 9.95. The highest BCUT2D eigenvalue weighted by Gasteiger charge is 2.29. The van der Waals surface area contributed by atoms with E-state index >= 15 is 0 Å². The summed E-state index contributed by atoms with van der Waals surface area (Å²) in [5, 5.41) is 5.68. The van der Waals surface area contributed by atoms with Crippen LogP contribution in [0.1, 0.15) is 35.9 Å². The number of carbonyl (C=O) groups is 1. The summed E-state index contributed by atoms with van der Waals surface area (Å²) in [6, 6.07) is 12.7. The van der Waals surface area contributed by atoms with Gasteiger partial charge in [0.2, 0.25) is 5.91 Å². The van der Waals surface area contributed by atoms with E-state index in [2.05, 4.69) is 35.8 Å². The fourth-order valence-electron chi connectivity index (χ4n) is 2.71. The van der Waals surface area contributed by atoms with Crippen LogP contribution in [0.15, 0.2) is 41.8 Å². The highest BCUT2D eigenvalue weighted by Crippen LogP contribution is 2.35. The van der Waals surface area contributed by atoms with Gasteiger partial charge in [-0.3, -0.25) is 4.79 Å². The molecule has 2 heterocycles. The maximum absolute atomic E-state index is 12.1. The summed E-state index contributed by atoms with van der Waals surface area (Å²) >= 11 is 1.74. The molecule has 1 aromatic heterocycles. The Morgan fingerprint density at radius 1 is 1.30 bits per heavy atom. The number of anilines is 1. The number of para-hydroxylation sites is 1. The van der Waals surface area contributed by atoms with Crippen molar-refractivity contribution in [3.63, 3.8) is 0 Å². The van der Waals surface area contributed by atoms with Crippen LogP contribution in [0.5, 0.6) is 0 Å². The molecule has 104 valence electrons. The average molecular weight is 286 g/mol. The fraction of sp³-hybridized carbons (Fsp3) is 0.312. The van der Waals surface area contributed by atoms with E-state index in [-0.39, 0.29) is 18.0 Å². The molecular weight excluding hydrogens is 268 g/mol. The van der Waals surface area contributed by atoms with Gasteiger partial charge in [-0.25, -0.2) is 0 Å². The van der Waals surface area contributed by atoms with Gasteiger partial charge in [-0.05, 0) is 30.0 Å². The molecule has 0 saturated heterocycles. The van der Waals surface area contributed by atoms with Crippen molar-refractivity contribution in [1.29, 1.82) is 0 Å². The predicted molar refractivity (Wildman–Crippen MR) is 83.1 cm³/mol. The number of nitrogens with one attached hydrogen (secondary N) is 1. The van der Waals surface area contributed by atoms with Crippen LogP contribution < -0.4 is 10.2 Å². The van der Waals surface area contributed by atoms with Crippen molar-refractivity contribution >= 4 is 22.9 Å². The lowest BCUT2D eigenvalue weighted by Crippen LogP contribution is -2.38. The van der Waals surface area contributed by atoms with Crippen LogP contribution in [-0.2, 0) is 4.79 Å². The van der Waals surface area contributed by atoms with Gasteiger partial charge in [0.1, 0.15) is 0 Å². The molecule has 2 atom stereocenters. The maximum Gasteiger partial charge on any atom is 0.228 e. The molecule has 0 bridgehead atoms. The molecule has 1 aliphatic rings. The third-order valence-corrected chi connectivity index (χ3v) is 4.90. The normalized spacial score (nSPS) is 19.8. The van der Waals surface area contributed by atoms with Crippen LogP contribution in [0, 0.1) is 0 Å². The van der Waals surface area contributed by atoms with Crippen molar-refractivity contribution in [3.05, 3.63) is 52.2 Å². The molecule has 2 unspecified atom stereocenters. The number of carbonyl (C=O) groups excluding carboxylic acids is 1. The Morgan fingerprint density at radius 2 is 2.10 bits per heavy atom. The minimum absolute atomic E-state index is 0.0898. The van der Waals surface area contributed by atoms with E-state index in [1.54, 1.807) is 16.2 Å². The molecule has 4 heteroatoms. The van der Waals surface area contributed by atoms with E-state index in [0.29, 0.717) is 6.42 Å². The first-order valence-electron chi connectivity index (χ1n) is 6.81. The standard InChI is InChI=1S/C16H18N2OS/c1-11(15-8-5-9-20-15)17-13-10-16(19)18(2)14-7-4-3-6-12(13)14/h3-9,11,13,17H,10H2,1-2H3. The molecule has 1 N–H and O–H groups in total. The molecular formula is C16H18N2OS. The summed E-state index contributed by atoms with van der Waals surface area (Å²) < 4.78 is 0. The van der Waals surface area contributed by atoms with Crippen LogP contribution in [0.25, 0.3) is 0 Å². The molecule has 0 spiro atoms. The predicted octanol–water partition coefficient (Wildman–Crippen LogP) is 3.51. The summed E-state index contributed by atoms with van der Waals surface area (Å²) in [5.74, 6) is 0.166. The molecule has 3 rings (SSSR count). The quantitative estimate of drug-likeness (QED) is 0.936. The number of hydrogen-bond acceptors (Lipinski definition) is 3. The SMILES string of the molecule is CC(NC1CC(=O)N(C)c2ccccc21)c1cccs1. The second-order valence-electron chi connectivity index (χ2n) is 5.17. The van der Waals surface area contributed by atoms with E-state index in [0.717, 1.165) is 5.69 Å². The Balaban J connectivity index is 1.87. The topological polar surface area (TPSA) is 32.3 Å². The minimum atomic E-state index is 0.0898. The lowest BCUT2D eigenvalue weighted by molar-refractivity contribution is -0.119. The van der Waals surface area contributed by atoms with Crippen molar-refractivity contribution < 1.29 is 4.79 Å². The zero-order valence-corrected chi connectivity index (χ0v) is 12.5. The number of amides is 1. The zero-order chi connectivity index (χ0) is 14.1. The van der Waals surface area contributed by atoms with Crippen molar-refractivity contribution in [2.24, 2.45) is 0 Å². The number of nitrogens with zero attached hydrogens (tertiary/aromatic N) is 1. The smallest absolute Gasteiger partial charge is 0.228 e. The Labute approximate surface area is 123 Å². The first-order valence-corrected chi connectivity index (χ1v) is 7.69. The molecule has 3 nitrogen and oxygen atoms in total. The van der Waals surface area contributed by atoms with Gasteiger partial charge in [0.15, 0.2) is 0 Å². The van der Waals surface area contributed by atoms with Crippen molar-refractivity contribution in [2.75, 3.05) is 11.9 Å². The van der Waals surface area contributed by atoms with E-state index in [4.69, 9.17) is 0 Å². The van der Waals surface area contributed by atoms with Gasteiger partial charge < -0.3 is 10.2 Å². The summed E-state index contributed by atoms with van der Waals surface area (Å²) in [4.78, 5) is 15.2. The molecule has 0 aliphatic carbocycles. The van der Waals surface area contributed by atoms with Crippen LogP contribution in [0.3, 0.4) is 0 Å². The summed E-state index contributed by atoms with van der Waals surface area (Å²) in [6.07, 6.45) is 0.517. The second kappa shape index (κ2) is 5.38. The number of benzene rings is 1. The maximum atomic E-state index is 12.1. The highest BCUT2D eigenvalue weighted by atomic mass is 32.1. The zero-order valence-electron chi connectivity index (χ0n) is 11.7. The van der Waals surface area contributed by atoms with Crippen LogP contribution in [-0.4, -0.2) is 13.0 Å². The van der Waals surface area contributed by atoms with E-state index < -0.39 is 0 Å². The first kappa shape index (κ1) is 13.3. The monoisotopic (exact) mass is 286 g/mol. The lowest BCUT2D eigenvalue weighted by Gasteiger charge is -2.33. The second-order valence-corrected chi connectivity index (χ2v) is 6.15. The number of fused-ring (bicyclic) bond motifs is 1. The van der Waals surface area contributed by atoms with E-state index in [9.17, 15) is 4.79 Å². The highest BCUT2D eigenvalue weighted by molar-refractivity contribution is 7.10. The third-order valence-electron chi connectivity index (χ3n) is 3.85. The molecule has 1 aromatic carbocycles. The van der Waals surface area contributed by atoms with Crippen LogP contribution in [0.4, 0.5) is 5.69 Å². The Morgan fingerprint density at radius 3 is 2.85 bits per heavy atom. The molecule has 1 aliphatic heterocycles. The van der Waals surface area contributed by atoms with Crippen molar-refractivity contribution in [3.8, 4) is 0 Å². The number of thiophene rings is 1. The van der Waals surface area contributed by atoms with Gasteiger partial charge in [-0.15, -0.1) is 11.3 Å². The van der Waals surface area contributed by atoms with Gasteiger partial charge in [0.25, 0.3) is 0 Å². The van der Waals surface area contributed by atoms with Gasteiger partial charge in [-0.2, -0.15) is 0 Å². The molecule has 0 fully saturated rings. The van der Waals surface area contributed by atoms with Crippen molar-refractivity contribution in [1.82, 2.24) is 5.32 Å². The fourth-order valence-corrected chi connectivity index (χ4v) is 3.46. The van der Waals surface area contributed by atoms with Gasteiger partial charge in [-0.1, -0.05) is 24.3 Å². The third kappa shape index (κ3) is 2.37. The first-order chi connectivity index (χ1) is 9.66. The molecule has 0 radical (unpaired) electrons. The van der Waals surface area contributed by atoms with E-state index in [1.807, 2.05) is 25.2 Å². The number of rotatable bonds is 3. The van der Waals surface area contributed by atoms with Gasteiger partial charge >= 0.3 is 0 Å². The van der Waals surface area contributed by atoms with Gasteiger partial charge in [0, 0.05) is 36.1 Å². The summed E-state index contributed by atoms with van der Waals surface area (Å²) in [6.45, 7) is 2.15. The van der Waals surface area contributed by atoms with Crippen LogP contribution in [0.2, 0.25) is 0 Å². The summed E-state index contributed by atoms with van der Waals surface area (Å²) in [7, 11) is 1.85. The molecule has 20 heavy (non-hydrogen) atoms. The Hall–Kier alpha value is -1.65. The van der Waals surface area contributed by atoms with Crippen LogP contribution >= 0.6 is 11.3 Å². The Bertz CT molecular complexity index is 609. The summed E-state index contributed by atoms with van der Waals surface area (Å²) in [5.41, 5.74) is 2.22. The average Bonchev–Trinajstić information content (AvgIpc) is 2.99.